The number of fused-ring (bicyclic) bond motifs is 2. The molecule has 5 rings (SSSR count). The van der Waals surface area contributed by atoms with Gasteiger partial charge in [0.25, 0.3) is 5.91 Å². The third-order valence-electron chi connectivity index (χ3n) is 6.33. The van der Waals surface area contributed by atoms with E-state index in [1.54, 1.807) is 31.2 Å². The number of methoxy groups -OCH3 is 1. The number of thiazole rings is 1. The lowest BCUT2D eigenvalue weighted by atomic mass is 9.98. The van der Waals surface area contributed by atoms with Gasteiger partial charge in [0.15, 0.2) is 10.6 Å². The molecule has 0 N–H and O–H groups in total. The van der Waals surface area contributed by atoms with Crippen LogP contribution in [0.3, 0.4) is 0 Å². The van der Waals surface area contributed by atoms with Crippen LogP contribution in [0.4, 0.5) is 5.13 Å². The highest BCUT2D eigenvalue weighted by Gasteiger charge is 2.45. The first-order chi connectivity index (χ1) is 17.9. The number of unbranched alkanes of at least 4 members (excludes halogenated alkanes) is 2. The van der Waals surface area contributed by atoms with E-state index >= 15 is 0 Å². The highest BCUT2D eigenvalue weighted by atomic mass is 32.1. The first kappa shape index (κ1) is 24.7. The van der Waals surface area contributed by atoms with E-state index in [9.17, 15) is 14.4 Å². The number of anilines is 1. The number of amides is 1. The molecule has 0 bridgehead atoms. The number of carbonyl (C=O) groups excluding carboxylic acids is 2. The second-order valence-corrected chi connectivity index (χ2v) is 9.76. The number of aryl methyl sites for hydroxylation is 1. The molecule has 1 unspecified atom stereocenters. The van der Waals surface area contributed by atoms with Crippen molar-refractivity contribution in [1.82, 2.24) is 4.98 Å². The van der Waals surface area contributed by atoms with Crippen molar-refractivity contribution >= 4 is 39.3 Å². The second-order valence-electron chi connectivity index (χ2n) is 8.78. The Kier molecular flexibility index (Phi) is 6.80. The van der Waals surface area contributed by atoms with Gasteiger partial charge >= 0.3 is 5.97 Å². The van der Waals surface area contributed by atoms with Crippen molar-refractivity contribution in [2.45, 2.75) is 39.2 Å². The number of hydrogen-bond acceptors (Lipinski definition) is 8. The third kappa shape index (κ3) is 4.40. The van der Waals surface area contributed by atoms with E-state index in [1.165, 1.54) is 12.0 Å². The van der Waals surface area contributed by atoms with Crippen LogP contribution in [0.5, 0.6) is 5.75 Å². The van der Waals surface area contributed by atoms with Crippen LogP contribution in [-0.4, -0.2) is 30.6 Å². The number of rotatable bonds is 8. The lowest BCUT2D eigenvalue weighted by molar-refractivity contribution is 0.0605. The molecule has 0 spiro atoms. The quantitative estimate of drug-likeness (QED) is 0.219. The fourth-order valence-electron chi connectivity index (χ4n) is 4.52. The maximum Gasteiger partial charge on any atom is 0.350 e. The number of carbonyl (C=O) groups is 2. The average molecular weight is 519 g/mol. The largest absolute Gasteiger partial charge is 0.494 e. The van der Waals surface area contributed by atoms with Crippen LogP contribution in [0.25, 0.3) is 11.0 Å². The summed E-state index contributed by atoms with van der Waals surface area (Å²) in [7, 11) is 1.29. The minimum absolute atomic E-state index is 0.0320. The molecule has 37 heavy (non-hydrogen) atoms. The number of benzene rings is 2. The molecule has 0 aliphatic carbocycles. The standard InChI is InChI=1S/C28H26N2O6S/c1-4-5-8-14-35-18-11-9-10-17(15-18)22-21-23(31)19-12-6-7-13-20(19)36-24(21)26(32)30(22)28-29-16(2)25(37-28)27(33)34-3/h6-7,9-13,15,22H,4-5,8,14H2,1-3H3. The van der Waals surface area contributed by atoms with Gasteiger partial charge in [-0.25, -0.2) is 9.78 Å². The Hall–Kier alpha value is -3.98. The summed E-state index contributed by atoms with van der Waals surface area (Å²) >= 11 is 1.04. The van der Waals surface area contributed by atoms with Crippen LogP contribution >= 0.6 is 11.3 Å². The molecule has 2 aromatic carbocycles. The third-order valence-corrected chi connectivity index (χ3v) is 7.47. The van der Waals surface area contributed by atoms with Crippen LogP contribution in [0.2, 0.25) is 0 Å². The highest BCUT2D eigenvalue weighted by molar-refractivity contribution is 7.17. The summed E-state index contributed by atoms with van der Waals surface area (Å²) in [5.74, 6) is -0.424. The molecule has 0 saturated carbocycles. The Morgan fingerprint density at radius 2 is 1.95 bits per heavy atom. The van der Waals surface area contributed by atoms with Crippen molar-refractivity contribution in [3.05, 3.63) is 86.2 Å². The van der Waals surface area contributed by atoms with Crippen LogP contribution in [0.1, 0.15) is 69.3 Å². The highest BCUT2D eigenvalue weighted by Crippen LogP contribution is 2.43. The van der Waals surface area contributed by atoms with Crippen molar-refractivity contribution in [1.29, 1.82) is 0 Å². The van der Waals surface area contributed by atoms with E-state index in [-0.39, 0.29) is 26.8 Å². The first-order valence-corrected chi connectivity index (χ1v) is 12.9. The van der Waals surface area contributed by atoms with Gasteiger partial charge in [-0.2, -0.15) is 0 Å². The predicted octanol–water partition coefficient (Wildman–Crippen LogP) is 5.66. The molecule has 8 nitrogen and oxygen atoms in total. The van der Waals surface area contributed by atoms with Crippen molar-refractivity contribution in [2.24, 2.45) is 0 Å². The van der Waals surface area contributed by atoms with Gasteiger partial charge in [-0.05, 0) is 43.2 Å². The monoisotopic (exact) mass is 518 g/mol. The topological polar surface area (TPSA) is 98.9 Å². The van der Waals surface area contributed by atoms with Gasteiger partial charge in [0.1, 0.15) is 16.2 Å². The average Bonchev–Trinajstić information content (AvgIpc) is 3.43. The molecule has 3 heterocycles. The summed E-state index contributed by atoms with van der Waals surface area (Å²) in [6.45, 7) is 4.38. The van der Waals surface area contributed by atoms with Gasteiger partial charge in [0.2, 0.25) is 5.76 Å². The molecule has 1 amide bonds. The summed E-state index contributed by atoms with van der Waals surface area (Å²) in [6.07, 6.45) is 3.09. The minimum atomic E-state index is -0.807. The normalized spacial score (nSPS) is 14.7. The minimum Gasteiger partial charge on any atom is -0.494 e. The summed E-state index contributed by atoms with van der Waals surface area (Å²) in [5, 5.41) is 0.662. The Bertz CT molecular complexity index is 1560. The van der Waals surface area contributed by atoms with E-state index in [0.717, 1.165) is 30.6 Å². The van der Waals surface area contributed by atoms with Gasteiger partial charge in [-0.1, -0.05) is 55.4 Å². The maximum absolute atomic E-state index is 13.8. The number of esters is 1. The number of nitrogens with zero attached hydrogens (tertiary/aromatic N) is 2. The van der Waals surface area contributed by atoms with Gasteiger partial charge in [-0.15, -0.1) is 0 Å². The van der Waals surface area contributed by atoms with E-state index < -0.39 is 17.9 Å². The Balaban J connectivity index is 1.66. The number of aromatic nitrogens is 1. The molecule has 4 aromatic rings. The second kappa shape index (κ2) is 10.2. The fourth-order valence-corrected chi connectivity index (χ4v) is 5.53. The van der Waals surface area contributed by atoms with Gasteiger partial charge < -0.3 is 13.9 Å². The predicted molar refractivity (Wildman–Crippen MR) is 141 cm³/mol. The number of hydrogen-bond donors (Lipinski definition) is 0. The number of para-hydroxylation sites is 1. The molecule has 1 atom stereocenters. The molecule has 0 saturated heterocycles. The van der Waals surface area contributed by atoms with Crippen LogP contribution < -0.4 is 15.1 Å². The van der Waals surface area contributed by atoms with Gasteiger partial charge in [0.05, 0.1) is 36.4 Å². The first-order valence-electron chi connectivity index (χ1n) is 12.1. The summed E-state index contributed by atoms with van der Waals surface area (Å²) in [4.78, 5) is 46.0. The molecule has 190 valence electrons. The Morgan fingerprint density at radius 1 is 1.14 bits per heavy atom. The molecular formula is C28H26N2O6S. The fraction of sp³-hybridized carbons (Fsp3) is 0.286. The summed E-state index contributed by atoms with van der Waals surface area (Å²) in [6, 6.07) is 13.4. The van der Waals surface area contributed by atoms with E-state index in [2.05, 4.69) is 11.9 Å². The number of ether oxygens (including phenoxy) is 2. The van der Waals surface area contributed by atoms with Crippen molar-refractivity contribution in [3.8, 4) is 5.75 Å². The van der Waals surface area contributed by atoms with E-state index in [4.69, 9.17) is 13.9 Å². The van der Waals surface area contributed by atoms with Crippen molar-refractivity contribution < 1.29 is 23.5 Å². The molecule has 2 aromatic heterocycles. The van der Waals surface area contributed by atoms with Gasteiger partial charge in [0, 0.05) is 0 Å². The van der Waals surface area contributed by atoms with Crippen molar-refractivity contribution in [2.75, 3.05) is 18.6 Å². The van der Waals surface area contributed by atoms with E-state index in [0.29, 0.717) is 34.6 Å². The molecule has 0 fully saturated rings. The molecule has 1 aliphatic rings. The SMILES string of the molecule is CCCCCOc1cccc(C2c3c(oc4ccccc4c3=O)C(=O)N2c2nc(C)c(C(=O)OC)s2)c1. The smallest absolute Gasteiger partial charge is 0.350 e. The zero-order chi connectivity index (χ0) is 26.1. The molecule has 9 heteroatoms. The lowest BCUT2D eigenvalue weighted by Crippen LogP contribution is -2.29. The summed E-state index contributed by atoms with van der Waals surface area (Å²) < 4.78 is 16.8. The molecule has 0 radical (unpaired) electrons. The van der Waals surface area contributed by atoms with Gasteiger partial charge in [-0.3, -0.25) is 14.5 Å². The Labute approximate surface area is 217 Å². The van der Waals surface area contributed by atoms with Crippen LogP contribution in [0, 0.1) is 6.92 Å². The van der Waals surface area contributed by atoms with E-state index in [1.807, 2.05) is 24.3 Å². The van der Waals surface area contributed by atoms with Crippen LogP contribution in [-0.2, 0) is 4.74 Å². The zero-order valence-corrected chi connectivity index (χ0v) is 21.6. The summed E-state index contributed by atoms with van der Waals surface area (Å²) in [5.41, 5.74) is 1.40. The molecule has 1 aliphatic heterocycles. The zero-order valence-electron chi connectivity index (χ0n) is 20.8. The Morgan fingerprint density at radius 3 is 2.73 bits per heavy atom. The van der Waals surface area contributed by atoms with Crippen molar-refractivity contribution in [3.63, 3.8) is 0 Å². The van der Waals surface area contributed by atoms with Crippen LogP contribution in [0.15, 0.2) is 57.7 Å². The maximum atomic E-state index is 13.8. The molecular weight excluding hydrogens is 492 g/mol. The lowest BCUT2D eigenvalue weighted by Gasteiger charge is -2.23.